The standard InChI is InChI=1S/C24H31NO7/c1-26-17-11-15(12-18(27-2)22(17)30-5)24(10-8-9-21(24)25-32-7)16-13-19(28-3)23(31-6)20(14-16)29-4/h11-14H,8-10H2,1-7H3. The third kappa shape index (κ3) is 3.74. The largest absolute Gasteiger partial charge is 0.493 e. The molecule has 8 heteroatoms. The van der Waals surface area contributed by atoms with Gasteiger partial charge in [-0.1, -0.05) is 5.16 Å². The van der Waals surface area contributed by atoms with Gasteiger partial charge < -0.3 is 33.3 Å². The highest BCUT2D eigenvalue weighted by atomic mass is 16.6. The normalized spacial score (nSPS) is 15.9. The van der Waals surface area contributed by atoms with Gasteiger partial charge in [0.2, 0.25) is 11.5 Å². The molecule has 0 unspecified atom stereocenters. The number of oxime groups is 1. The highest BCUT2D eigenvalue weighted by Gasteiger charge is 2.46. The zero-order chi connectivity index (χ0) is 23.3. The maximum Gasteiger partial charge on any atom is 0.203 e. The Hall–Kier alpha value is -3.29. The van der Waals surface area contributed by atoms with Crippen LogP contribution in [0.15, 0.2) is 29.4 Å². The minimum absolute atomic E-state index is 0.530. The molecule has 0 radical (unpaired) electrons. The fourth-order valence-corrected chi connectivity index (χ4v) is 4.56. The number of hydrogen-bond donors (Lipinski definition) is 0. The lowest BCUT2D eigenvalue weighted by molar-refractivity contribution is 0.210. The van der Waals surface area contributed by atoms with Crippen LogP contribution in [0.3, 0.4) is 0 Å². The zero-order valence-corrected chi connectivity index (χ0v) is 19.7. The Kier molecular flexibility index (Phi) is 7.22. The smallest absolute Gasteiger partial charge is 0.203 e. The molecule has 0 atom stereocenters. The Morgan fingerprint density at radius 1 is 0.625 bits per heavy atom. The van der Waals surface area contributed by atoms with Crippen LogP contribution < -0.4 is 28.4 Å². The van der Waals surface area contributed by atoms with Crippen molar-refractivity contribution >= 4 is 5.71 Å². The zero-order valence-electron chi connectivity index (χ0n) is 19.7. The molecule has 0 N–H and O–H groups in total. The summed E-state index contributed by atoms with van der Waals surface area (Å²) in [4.78, 5) is 5.25. The summed E-state index contributed by atoms with van der Waals surface area (Å²) in [6, 6.07) is 7.84. The molecule has 1 fully saturated rings. The van der Waals surface area contributed by atoms with Gasteiger partial charge in [0.25, 0.3) is 0 Å². The van der Waals surface area contributed by atoms with Crippen LogP contribution in [-0.4, -0.2) is 55.5 Å². The van der Waals surface area contributed by atoms with Gasteiger partial charge in [-0.15, -0.1) is 0 Å². The fraction of sp³-hybridized carbons (Fsp3) is 0.458. The molecule has 1 aliphatic rings. The molecule has 174 valence electrons. The number of hydrogen-bond acceptors (Lipinski definition) is 8. The summed E-state index contributed by atoms with van der Waals surface area (Å²) in [5, 5.41) is 4.43. The van der Waals surface area contributed by atoms with Crippen molar-refractivity contribution in [2.75, 3.05) is 49.8 Å². The van der Waals surface area contributed by atoms with Gasteiger partial charge in [-0.25, -0.2) is 0 Å². The molecule has 1 aliphatic carbocycles. The summed E-state index contributed by atoms with van der Waals surface area (Å²) in [7, 11) is 11.1. The van der Waals surface area contributed by atoms with E-state index >= 15 is 0 Å². The van der Waals surface area contributed by atoms with Crippen molar-refractivity contribution in [3.8, 4) is 34.5 Å². The van der Waals surface area contributed by atoms with Crippen LogP contribution >= 0.6 is 0 Å². The van der Waals surface area contributed by atoms with Crippen LogP contribution in [0.2, 0.25) is 0 Å². The molecule has 32 heavy (non-hydrogen) atoms. The first kappa shape index (κ1) is 23.4. The second-order valence-corrected chi connectivity index (χ2v) is 7.31. The van der Waals surface area contributed by atoms with E-state index in [2.05, 4.69) is 5.16 Å². The Balaban J connectivity index is 2.38. The molecule has 2 aromatic carbocycles. The maximum absolute atomic E-state index is 5.64. The lowest BCUT2D eigenvalue weighted by Gasteiger charge is -2.33. The SMILES string of the molecule is CON=C1CCCC1(c1cc(OC)c(OC)c(OC)c1)c1cc(OC)c(OC)c(OC)c1. The predicted octanol–water partition coefficient (Wildman–Crippen LogP) is 4.21. The van der Waals surface area contributed by atoms with Crippen LogP contribution in [0.25, 0.3) is 0 Å². The van der Waals surface area contributed by atoms with Crippen molar-refractivity contribution < 1.29 is 33.3 Å². The molecule has 0 amide bonds. The second-order valence-electron chi connectivity index (χ2n) is 7.31. The summed E-state index contributed by atoms with van der Waals surface area (Å²) < 4.78 is 33.6. The molecule has 2 aromatic rings. The molecular weight excluding hydrogens is 414 g/mol. The van der Waals surface area contributed by atoms with Crippen molar-refractivity contribution in [2.45, 2.75) is 24.7 Å². The fourth-order valence-electron chi connectivity index (χ4n) is 4.56. The molecule has 0 aliphatic heterocycles. The van der Waals surface area contributed by atoms with Gasteiger partial charge in [0.05, 0.1) is 53.8 Å². The van der Waals surface area contributed by atoms with Crippen molar-refractivity contribution in [3.05, 3.63) is 35.4 Å². The molecular formula is C24H31NO7. The van der Waals surface area contributed by atoms with E-state index < -0.39 is 5.41 Å². The van der Waals surface area contributed by atoms with Crippen LogP contribution in [-0.2, 0) is 10.3 Å². The van der Waals surface area contributed by atoms with Crippen LogP contribution in [0.5, 0.6) is 34.5 Å². The van der Waals surface area contributed by atoms with E-state index in [0.717, 1.165) is 36.1 Å². The minimum atomic E-state index is -0.615. The van der Waals surface area contributed by atoms with E-state index in [4.69, 9.17) is 33.3 Å². The van der Waals surface area contributed by atoms with E-state index in [1.54, 1.807) is 49.8 Å². The van der Waals surface area contributed by atoms with E-state index in [0.29, 0.717) is 34.5 Å². The van der Waals surface area contributed by atoms with Crippen LogP contribution in [0.1, 0.15) is 30.4 Å². The Labute approximate surface area is 189 Å². The summed E-state index contributed by atoms with van der Waals surface area (Å²) in [6.45, 7) is 0. The lowest BCUT2D eigenvalue weighted by atomic mass is 9.71. The third-order valence-electron chi connectivity index (χ3n) is 5.97. The quantitative estimate of drug-likeness (QED) is 0.535. The first-order chi connectivity index (χ1) is 15.5. The Morgan fingerprint density at radius 2 is 1.03 bits per heavy atom. The van der Waals surface area contributed by atoms with Gasteiger partial charge in [0.15, 0.2) is 23.0 Å². The van der Waals surface area contributed by atoms with Crippen LogP contribution in [0.4, 0.5) is 0 Å². The molecule has 0 saturated heterocycles. The van der Waals surface area contributed by atoms with E-state index in [1.807, 2.05) is 24.3 Å². The molecule has 0 bridgehead atoms. The number of rotatable bonds is 9. The highest BCUT2D eigenvalue weighted by molar-refractivity contribution is 6.00. The van der Waals surface area contributed by atoms with Crippen molar-refractivity contribution in [1.82, 2.24) is 0 Å². The van der Waals surface area contributed by atoms with Gasteiger partial charge in [0, 0.05) is 0 Å². The van der Waals surface area contributed by atoms with Gasteiger partial charge in [-0.05, 0) is 54.7 Å². The molecule has 0 heterocycles. The Morgan fingerprint density at radius 3 is 1.34 bits per heavy atom. The summed E-state index contributed by atoms with van der Waals surface area (Å²) in [6.07, 6.45) is 2.50. The summed E-state index contributed by atoms with van der Waals surface area (Å²) in [5.41, 5.74) is 2.16. The molecule has 3 rings (SSSR count). The second kappa shape index (κ2) is 9.89. The topological polar surface area (TPSA) is 77.0 Å². The Bertz CT molecular complexity index is 873. The van der Waals surface area contributed by atoms with Gasteiger partial charge >= 0.3 is 0 Å². The highest BCUT2D eigenvalue weighted by Crippen LogP contribution is 2.52. The van der Waals surface area contributed by atoms with Gasteiger partial charge in [-0.3, -0.25) is 0 Å². The number of ether oxygens (including phenoxy) is 6. The van der Waals surface area contributed by atoms with E-state index in [9.17, 15) is 0 Å². The minimum Gasteiger partial charge on any atom is -0.493 e. The van der Waals surface area contributed by atoms with Gasteiger partial charge in [-0.2, -0.15) is 0 Å². The van der Waals surface area contributed by atoms with Crippen molar-refractivity contribution in [3.63, 3.8) is 0 Å². The van der Waals surface area contributed by atoms with Crippen LogP contribution in [0, 0.1) is 0 Å². The number of benzene rings is 2. The maximum atomic E-state index is 5.64. The first-order valence-corrected chi connectivity index (χ1v) is 10.3. The molecule has 1 saturated carbocycles. The van der Waals surface area contributed by atoms with E-state index in [-0.39, 0.29) is 0 Å². The summed E-state index contributed by atoms with van der Waals surface area (Å²) in [5.74, 6) is 3.33. The number of methoxy groups -OCH3 is 6. The molecule has 0 aromatic heterocycles. The summed E-state index contributed by atoms with van der Waals surface area (Å²) >= 11 is 0. The lowest BCUT2D eigenvalue weighted by Crippen LogP contribution is -2.33. The predicted molar refractivity (Wildman–Crippen MR) is 121 cm³/mol. The first-order valence-electron chi connectivity index (χ1n) is 10.3. The average molecular weight is 446 g/mol. The van der Waals surface area contributed by atoms with Gasteiger partial charge in [0.1, 0.15) is 7.11 Å². The third-order valence-corrected chi connectivity index (χ3v) is 5.97. The number of nitrogens with zero attached hydrogens (tertiary/aromatic N) is 1. The monoisotopic (exact) mass is 445 g/mol. The van der Waals surface area contributed by atoms with Crippen molar-refractivity contribution in [1.29, 1.82) is 0 Å². The van der Waals surface area contributed by atoms with Crippen molar-refractivity contribution in [2.24, 2.45) is 5.16 Å². The van der Waals surface area contributed by atoms with E-state index in [1.165, 1.54) is 0 Å². The average Bonchev–Trinajstić information content (AvgIpc) is 3.26. The molecule has 0 spiro atoms. The molecule has 8 nitrogen and oxygen atoms in total.